The Balaban J connectivity index is 2.38. The average Bonchev–Trinajstić information content (AvgIpc) is 2.27. The zero-order chi connectivity index (χ0) is 9.26. The zero-order valence-corrected chi connectivity index (χ0v) is 8.29. The predicted octanol–water partition coefficient (Wildman–Crippen LogP) is 2.45. The van der Waals surface area contributed by atoms with E-state index in [1.165, 1.54) is 5.56 Å². The first-order valence-electron chi connectivity index (χ1n) is 4.25. The van der Waals surface area contributed by atoms with E-state index < -0.39 is 8.53 Å². The molecule has 1 aliphatic rings. The molecular formula is C9H12NO2P. The van der Waals surface area contributed by atoms with Crippen molar-refractivity contribution in [3.63, 3.8) is 0 Å². The van der Waals surface area contributed by atoms with Gasteiger partial charge in [-0.05, 0) is 11.6 Å². The standard InChI is InChI=1S/C9H12NO2P/c1-7-6-12-13(11)10-9-5-3-2-4-8(7)9/h2-5,7,10-11H,6H2,1H3/t7-,13?/m1/s1. The van der Waals surface area contributed by atoms with Crippen LogP contribution < -0.4 is 5.09 Å². The van der Waals surface area contributed by atoms with Crippen molar-refractivity contribution in [3.05, 3.63) is 29.8 Å². The second-order valence-corrected chi connectivity index (χ2v) is 4.20. The molecule has 2 rings (SSSR count). The van der Waals surface area contributed by atoms with Gasteiger partial charge in [0.1, 0.15) is 0 Å². The summed E-state index contributed by atoms with van der Waals surface area (Å²) in [4.78, 5) is 9.39. The fourth-order valence-electron chi connectivity index (χ4n) is 1.44. The lowest BCUT2D eigenvalue weighted by Crippen LogP contribution is -1.98. The normalized spacial score (nSPS) is 27.2. The van der Waals surface area contributed by atoms with E-state index in [9.17, 15) is 4.89 Å². The first-order valence-corrected chi connectivity index (χ1v) is 5.46. The minimum atomic E-state index is -1.48. The third-order valence-corrected chi connectivity index (χ3v) is 2.98. The van der Waals surface area contributed by atoms with Gasteiger partial charge in [0.2, 0.25) is 0 Å². The lowest BCUT2D eigenvalue weighted by atomic mass is 10.0. The van der Waals surface area contributed by atoms with Crippen molar-refractivity contribution in [2.24, 2.45) is 0 Å². The summed E-state index contributed by atoms with van der Waals surface area (Å²) in [5.74, 6) is 0.336. The van der Waals surface area contributed by atoms with E-state index in [-0.39, 0.29) is 0 Å². The molecule has 4 heteroatoms. The van der Waals surface area contributed by atoms with E-state index in [1.807, 2.05) is 18.2 Å². The Labute approximate surface area is 78.7 Å². The minimum absolute atomic E-state index is 0.336. The van der Waals surface area contributed by atoms with Crippen LogP contribution in [-0.2, 0) is 4.52 Å². The van der Waals surface area contributed by atoms with Crippen LogP contribution in [0.5, 0.6) is 0 Å². The van der Waals surface area contributed by atoms with Crippen LogP contribution in [0.4, 0.5) is 5.69 Å². The SMILES string of the molecule is C[C@@H]1COP(O)Nc2ccccc21. The van der Waals surface area contributed by atoms with Gasteiger partial charge in [-0.25, -0.2) is 0 Å². The van der Waals surface area contributed by atoms with Crippen molar-refractivity contribution in [1.29, 1.82) is 0 Å². The number of fused-ring (bicyclic) bond motifs is 1. The molecule has 0 saturated heterocycles. The smallest absolute Gasteiger partial charge is 0.284 e. The fraction of sp³-hybridized carbons (Fsp3) is 0.333. The van der Waals surface area contributed by atoms with Crippen LogP contribution in [0.3, 0.4) is 0 Å². The summed E-state index contributed by atoms with van der Waals surface area (Å²) in [5, 5.41) is 2.95. The van der Waals surface area contributed by atoms with Gasteiger partial charge in [-0.15, -0.1) is 0 Å². The molecule has 1 unspecified atom stereocenters. The molecular weight excluding hydrogens is 185 g/mol. The van der Waals surface area contributed by atoms with Gasteiger partial charge < -0.3 is 14.5 Å². The molecule has 0 aliphatic carbocycles. The van der Waals surface area contributed by atoms with Crippen LogP contribution in [0, 0.1) is 0 Å². The van der Waals surface area contributed by atoms with Gasteiger partial charge in [0.05, 0.1) is 6.61 Å². The number of nitrogens with one attached hydrogen (secondary N) is 1. The Bertz CT molecular complexity index is 305. The van der Waals surface area contributed by atoms with Crippen LogP contribution in [0.15, 0.2) is 24.3 Å². The van der Waals surface area contributed by atoms with Gasteiger partial charge in [-0.3, -0.25) is 0 Å². The number of benzene rings is 1. The maximum atomic E-state index is 9.39. The molecule has 70 valence electrons. The molecule has 0 bridgehead atoms. The van der Waals surface area contributed by atoms with E-state index in [0.29, 0.717) is 12.5 Å². The first-order chi connectivity index (χ1) is 6.27. The van der Waals surface area contributed by atoms with Crippen molar-refractivity contribution in [2.45, 2.75) is 12.8 Å². The molecule has 0 spiro atoms. The van der Waals surface area contributed by atoms with E-state index in [1.54, 1.807) is 0 Å². The molecule has 0 aromatic heterocycles. The summed E-state index contributed by atoms with van der Waals surface area (Å²) in [7, 11) is -1.48. The fourth-order valence-corrected chi connectivity index (χ4v) is 2.28. The Morgan fingerprint density at radius 2 is 2.31 bits per heavy atom. The summed E-state index contributed by atoms with van der Waals surface area (Å²) in [6.07, 6.45) is 0. The van der Waals surface area contributed by atoms with Crippen molar-refractivity contribution >= 4 is 14.2 Å². The number of para-hydroxylation sites is 1. The lowest BCUT2D eigenvalue weighted by Gasteiger charge is -2.09. The van der Waals surface area contributed by atoms with Gasteiger partial charge in [-0.2, -0.15) is 0 Å². The average molecular weight is 197 g/mol. The highest BCUT2D eigenvalue weighted by Gasteiger charge is 2.19. The molecule has 1 heterocycles. The van der Waals surface area contributed by atoms with E-state index in [0.717, 1.165) is 5.69 Å². The minimum Gasteiger partial charge on any atom is -0.333 e. The van der Waals surface area contributed by atoms with Crippen LogP contribution in [-0.4, -0.2) is 11.5 Å². The molecule has 1 aromatic rings. The molecule has 13 heavy (non-hydrogen) atoms. The molecule has 2 atom stereocenters. The maximum Gasteiger partial charge on any atom is 0.284 e. The highest BCUT2D eigenvalue weighted by molar-refractivity contribution is 7.47. The van der Waals surface area contributed by atoms with Crippen molar-refractivity contribution < 1.29 is 9.42 Å². The summed E-state index contributed by atoms with van der Waals surface area (Å²) in [6.45, 7) is 2.67. The summed E-state index contributed by atoms with van der Waals surface area (Å²) in [5.41, 5.74) is 2.20. The topological polar surface area (TPSA) is 41.5 Å². The number of hydrogen-bond donors (Lipinski definition) is 2. The van der Waals surface area contributed by atoms with Gasteiger partial charge in [0, 0.05) is 11.6 Å². The largest absolute Gasteiger partial charge is 0.333 e. The molecule has 0 saturated carbocycles. The third kappa shape index (κ3) is 1.83. The Morgan fingerprint density at radius 3 is 3.15 bits per heavy atom. The lowest BCUT2D eigenvalue weighted by molar-refractivity contribution is 0.297. The molecule has 3 nitrogen and oxygen atoms in total. The highest BCUT2D eigenvalue weighted by Crippen LogP contribution is 2.40. The second kappa shape index (κ2) is 3.62. The Morgan fingerprint density at radius 1 is 1.54 bits per heavy atom. The molecule has 2 N–H and O–H groups in total. The zero-order valence-electron chi connectivity index (χ0n) is 7.40. The van der Waals surface area contributed by atoms with Crippen molar-refractivity contribution in [3.8, 4) is 0 Å². The van der Waals surface area contributed by atoms with Crippen molar-refractivity contribution in [2.75, 3.05) is 11.7 Å². The van der Waals surface area contributed by atoms with E-state index in [4.69, 9.17) is 4.52 Å². The quantitative estimate of drug-likeness (QED) is 0.627. The van der Waals surface area contributed by atoms with Crippen molar-refractivity contribution in [1.82, 2.24) is 0 Å². The van der Waals surface area contributed by atoms with E-state index >= 15 is 0 Å². The third-order valence-electron chi connectivity index (χ3n) is 2.15. The van der Waals surface area contributed by atoms with Crippen LogP contribution >= 0.6 is 8.53 Å². The Kier molecular flexibility index (Phi) is 2.49. The number of rotatable bonds is 0. The predicted molar refractivity (Wildman–Crippen MR) is 53.6 cm³/mol. The monoisotopic (exact) mass is 197 g/mol. The molecule has 1 aliphatic heterocycles. The van der Waals surface area contributed by atoms with Crippen LogP contribution in [0.1, 0.15) is 18.4 Å². The van der Waals surface area contributed by atoms with Crippen LogP contribution in [0.25, 0.3) is 0 Å². The Hall–Kier alpha value is -0.630. The second-order valence-electron chi connectivity index (χ2n) is 3.17. The number of anilines is 1. The molecule has 0 radical (unpaired) electrons. The highest BCUT2D eigenvalue weighted by atomic mass is 31.2. The van der Waals surface area contributed by atoms with E-state index in [2.05, 4.69) is 18.1 Å². The first kappa shape index (κ1) is 8.95. The summed E-state index contributed by atoms with van der Waals surface area (Å²) >= 11 is 0. The van der Waals surface area contributed by atoms with Gasteiger partial charge in [0.15, 0.2) is 0 Å². The van der Waals surface area contributed by atoms with Gasteiger partial charge in [-0.1, -0.05) is 25.1 Å². The maximum absolute atomic E-state index is 9.39. The van der Waals surface area contributed by atoms with Crippen LogP contribution in [0.2, 0.25) is 0 Å². The number of hydrogen-bond acceptors (Lipinski definition) is 3. The molecule has 1 aromatic carbocycles. The van der Waals surface area contributed by atoms with Gasteiger partial charge in [0.25, 0.3) is 8.53 Å². The molecule has 0 amide bonds. The molecule has 0 fully saturated rings. The summed E-state index contributed by atoms with van der Waals surface area (Å²) < 4.78 is 5.21. The summed E-state index contributed by atoms with van der Waals surface area (Å²) in [6, 6.07) is 7.98. The van der Waals surface area contributed by atoms with Gasteiger partial charge >= 0.3 is 0 Å².